The zero-order valence-electron chi connectivity index (χ0n) is 14.1. The third-order valence-electron chi connectivity index (χ3n) is 4.46. The number of halogens is 2. The third-order valence-corrected chi connectivity index (χ3v) is 4.46. The van der Waals surface area contributed by atoms with Crippen LogP contribution in [0, 0.1) is 11.6 Å². The fourth-order valence-electron chi connectivity index (χ4n) is 3.14. The van der Waals surface area contributed by atoms with Crippen molar-refractivity contribution in [2.24, 2.45) is 0 Å². The van der Waals surface area contributed by atoms with E-state index in [4.69, 9.17) is 4.74 Å². The summed E-state index contributed by atoms with van der Waals surface area (Å²) in [5.74, 6) is -0.571. The fraction of sp³-hybridized carbons (Fsp3) is 0.400. The minimum absolute atomic E-state index is 0.223. The predicted molar refractivity (Wildman–Crippen MR) is 93.6 cm³/mol. The molecule has 134 valence electrons. The van der Waals surface area contributed by atoms with E-state index in [-0.39, 0.29) is 6.61 Å². The Bertz CT molecular complexity index is 685. The van der Waals surface area contributed by atoms with Crippen LogP contribution in [0.4, 0.5) is 8.78 Å². The number of aliphatic hydroxyl groups excluding tert-OH is 1. The molecule has 1 saturated heterocycles. The highest BCUT2D eigenvalue weighted by molar-refractivity contribution is 5.64. The van der Waals surface area contributed by atoms with E-state index in [1.54, 1.807) is 24.3 Å². The van der Waals surface area contributed by atoms with Crippen molar-refractivity contribution in [3.63, 3.8) is 0 Å². The highest BCUT2D eigenvalue weighted by atomic mass is 19.1. The van der Waals surface area contributed by atoms with Crippen molar-refractivity contribution >= 4 is 0 Å². The van der Waals surface area contributed by atoms with E-state index in [9.17, 15) is 13.9 Å². The molecule has 1 atom stereocenters. The maximum atomic E-state index is 13.8. The van der Waals surface area contributed by atoms with E-state index in [0.29, 0.717) is 23.4 Å². The quantitative estimate of drug-likeness (QED) is 0.861. The van der Waals surface area contributed by atoms with Crippen LogP contribution in [0.3, 0.4) is 0 Å². The molecule has 1 aliphatic heterocycles. The van der Waals surface area contributed by atoms with Gasteiger partial charge < -0.3 is 14.7 Å². The molecule has 1 fully saturated rings. The molecule has 1 aliphatic rings. The average Bonchev–Trinajstić information content (AvgIpc) is 2.61. The first-order valence-electron chi connectivity index (χ1n) is 8.70. The summed E-state index contributed by atoms with van der Waals surface area (Å²) in [7, 11) is 0. The number of β-amino-alcohol motifs (C(OH)–C–C–N with tert-alkyl or cyclic N) is 1. The van der Waals surface area contributed by atoms with Crippen molar-refractivity contribution in [1.29, 1.82) is 0 Å². The zero-order valence-corrected chi connectivity index (χ0v) is 14.1. The SMILES string of the molecule is OC(COc1ccc(-c2ccc(F)cc2F)cc1)CN1CCCCC1. The number of hydrogen-bond donors (Lipinski definition) is 1. The van der Waals surface area contributed by atoms with Crippen LogP contribution in [0.15, 0.2) is 42.5 Å². The van der Waals surface area contributed by atoms with Gasteiger partial charge in [0.15, 0.2) is 0 Å². The minimum atomic E-state index is -0.594. The molecule has 0 radical (unpaired) electrons. The maximum Gasteiger partial charge on any atom is 0.133 e. The van der Waals surface area contributed by atoms with Gasteiger partial charge in [-0.05, 0) is 55.8 Å². The van der Waals surface area contributed by atoms with E-state index in [0.717, 1.165) is 19.2 Å². The first-order chi connectivity index (χ1) is 12.1. The number of ether oxygens (including phenoxy) is 1. The molecule has 0 amide bonds. The van der Waals surface area contributed by atoms with Gasteiger partial charge in [-0.1, -0.05) is 18.6 Å². The van der Waals surface area contributed by atoms with Crippen LogP contribution in [0.1, 0.15) is 19.3 Å². The van der Waals surface area contributed by atoms with Crippen molar-refractivity contribution in [2.45, 2.75) is 25.4 Å². The van der Waals surface area contributed by atoms with E-state index < -0.39 is 17.7 Å². The summed E-state index contributed by atoms with van der Waals surface area (Å²) in [5, 5.41) is 10.1. The molecule has 2 aromatic carbocycles. The summed E-state index contributed by atoms with van der Waals surface area (Å²) in [4.78, 5) is 2.26. The molecule has 3 rings (SSSR count). The Morgan fingerprint density at radius 3 is 2.40 bits per heavy atom. The molecule has 0 bridgehead atoms. The van der Waals surface area contributed by atoms with Crippen molar-refractivity contribution in [1.82, 2.24) is 4.90 Å². The molecule has 25 heavy (non-hydrogen) atoms. The van der Waals surface area contributed by atoms with Crippen LogP contribution in [0.25, 0.3) is 11.1 Å². The highest BCUT2D eigenvalue weighted by Crippen LogP contribution is 2.25. The Morgan fingerprint density at radius 2 is 1.72 bits per heavy atom. The average molecular weight is 347 g/mol. The standard InChI is InChI=1S/C20H23F2NO2/c21-16-6-9-19(20(22)12-16)15-4-7-18(8-5-15)25-14-17(24)13-23-10-2-1-3-11-23/h4-9,12,17,24H,1-3,10-11,13-14H2. The number of nitrogens with zero attached hydrogens (tertiary/aromatic N) is 1. The van der Waals surface area contributed by atoms with Crippen molar-refractivity contribution in [3.05, 3.63) is 54.1 Å². The summed E-state index contributed by atoms with van der Waals surface area (Å²) >= 11 is 0. The highest BCUT2D eigenvalue weighted by Gasteiger charge is 2.15. The van der Waals surface area contributed by atoms with Gasteiger partial charge in [-0.3, -0.25) is 0 Å². The number of piperidine rings is 1. The Balaban J connectivity index is 1.53. The number of hydrogen-bond acceptors (Lipinski definition) is 3. The number of likely N-dealkylation sites (tertiary alicyclic amines) is 1. The number of aliphatic hydroxyl groups is 1. The second kappa shape index (κ2) is 8.41. The van der Waals surface area contributed by atoms with Gasteiger partial charge >= 0.3 is 0 Å². The molecule has 3 nitrogen and oxygen atoms in total. The topological polar surface area (TPSA) is 32.7 Å². The van der Waals surface area contributed by atoms with Gasteiger partial charge in [0.1, 0.15) is 30.1 Å². The van der Waals surface area contributed by atoms with Gasteiger partial charge in [-0.25, -0.2) is 8.78 Å². The Labute approximate surface area is 146 Å². The van der Waals surface area contributed by atoms with Gasteiger partial charge in [0.05, 0.1) is 0 Å². The first kappa shape index (κ1) is 17.8. The van der Waals surface area contributed by atoms with Crippen LogP contribution >= 0.6 is 0 Å². The van der Waals surface area contributed by atoms with Crippen LogP contribution in [0.5, 0.6) is 5.75 Å². The summed E-state index contributed by atoms with van der Waals surface area (Å²) in [6.45, 7) is 2.92. The molecule has 0 spiro atoms. The minimum Gasteiger partial charge on any atom is -0.491 e. The molecular weight excluding hydrogens is 324 g/mol. The van der Waals surface area contributed by atoms with E-state index in [1.165, 1.54) is 31.4 Å². The summed E-state index contributed by atoms with van der Waals surface area (Å²) in [6.07, 6.45) is 3.11. The second-order valence-electron chi connectivity index (χ2n) is 6.47. The molecule has 0 saturated carbocycles. The van der Waals surface area contributed by atoms with Crippen molar-refractivity contribution < 1.29 is 18.6 Å². The lowest BCUT2D eigenvalue weighted by atomic mass is 10.1. The van der Waals surface area contributed by atoms with Gasteiger partial charge in [-0.2, -0.15) is 0 Å². The summed E-state index contributed by atoms with van der Waals surface area (Å²) in [5.41, 5.74) is 0.997. The normalized spacial score (nSPS) is 16.6. The van der Waals surface area contributed by atoms with E-state index in [1.807, 2.05) is 0 Å². The van der Waals surface area contributed by atoms with Crippen molar-refractivity contribution in [2.75, 3.05) is 26.2 Å². The lowest BCUT2D eigenvalue weighted by molar-refractivity contribution is 0.0617. The Hall–Kier alpha value is -1.98. The van der Waals surface area contributed by atoms with Gasteiger partial charge in [0.25, 0.3) is 0 Å². The van der Waals surface area contributed by atoms with Crippen LogP contribution in [-0.2, 0) is 0 Å². The third kappa shape index (κ3) is 5.00. The molecule has 0 aromatic heterocycles. The van der Waals surface area contributed by atoms with Crippen molar-refractivity contribution in [3.8, 4) is 16.9 Å². The van der Waals surface area contributed by atoms with E-state index >= 15 is 0 Å². The molecule has 2 aromatic rings. The van der Waals surface area contributed by atoms with Crippen LogP contribution in [-0.4, -0.2) is 42.4 Å². The molecular formula is C20H23F2NO2. The van der Waals surface area contributed by atoms with Gasteiger partial charge in [0, 0.05) is 18.2 Å². The Kier molecular flexibility index (Phi) is 6.00. The molecule has 0 aliphatic carbocycles. The largest absolute Gasteiger partial charge is 0.491 e. The van der Waals surface area contributed by atoms with Gasteiger partial charge in [-0.15, -0.1) is 0 Å². The van der Waals surface area contributed by atoms with Crippen LogP contribution < -0.4 is 4.74 Å². The predicted octanol–water partition coefficient (Wildman–Crippen LogP) is 3.86. The molecule has 1 heterocycles. The molecule has 1 unspecified atom stereocenters. The van der Waals surface area contributed by atoms with E-state index in [2.05, 4.69) is 4.90 Å². The molecule has 5 heteroatoms. The number of rotatable bonds is 6. The monoisotopic (exact) mass is 347 g/mol. The molecule has 1 N–H and O–H groups in total. The lowest BCUT2D eigenvalue weighted by Gasteiger charge is -2.28. The smallest absolute Gasteiger partial charge is 0.133 e. The summed E-state index contributed by atoms with van der Waals surface area (Å²) < 4.78 is 32.4. The van der Waals surface area contributed by atoms with Crippen LogP contribution in [0.2, 0.25) is 0 Å². The summed E-state index contributed by atoms with van der Waals surface area (Å²) in [6, 6.07) is 10.4. The zero-order chi connectivity index (χ0) is 17.6. The lowest BCUT2D eigenvalue weighted by Crippen LogP contribution is -2.38. The Morgan fingerprint density at radius 1 is 1.00 bits per heavy atom. The maximum absolute atomic E-state index is 13.8. The second-order valence-corrected chi connectivity index (χ2v) is 6.47. The van der Waals surface area contributed by atoms with Gasteiger partial charge in [0.2, 0.25) is 0 Å². The first-order valence-corrected chi connectivity index (χ1v) is 8.70. The fourth-order valence-corrected chi connectivity index (χ4v) is 3.14. The number of benzene rings is 2.